The molecule has 3 heterocycles. The highest BCUT2D eigenvalue weighted by Gasteiger charge is 2.34. The van der Waals surface area contributed by atoms with Crippen LogP contribution in [0.5, 0.6) is 0 Å². The molecule has 0 bridgehead atoms. The minimum atomic E-state index is -0.616. The van der Waals surface area contributed by atoms with Gasteiger partial charge in [0.1, 0.15) is 0 Å². The zero-order chi connectivity index (χ0) is 12.9. The summed E-state index contributed by atoms with van der Waals surface area (Å²) in [5.41, 5.74) is 0. The SMILES string of the molecule is C1CCN(OB(ON2CCCC2)ON2CCCC2)C1. The van der Waals surface area contributed by atoms with Gasteiger partial charge in [-0.25, -0.2) is 15.2 Å². The fourth-order valence-electron chi connectivity index (χ4n) is 2.80. The number of nitrogens with zero attached hydrogens (tertiary/aromatic N) is 3. The number of hydrogen-bond donors (Lipinski definition) is 0. The van der Waals surface area contributed by atoms with Crippen LogP contribution in [0, 0.1) is 0 Å². The Kier molecular flexibility index (Phi) is 5.09. The van der Waals surface area contributed by atoms with E-state index in [-0.39, 0.29) is 0 Å². The van der Waals surface area contributed by atoms with Crippen LogP contribution in [0.15, 0.2) is 0 Å². The summed E-state index contributed by atoms with van der Waals surface area (Å²) in [4.78, 5) is 0. The van der Waals surface area contributed by atoms with Gasteiger partial charge in [-0.2, -0.15) is 0 Å². The Morgan fingerprint density at radius 1 is 0.474 bits per heavy atom. The molecule has 3 saturated heterocycles. The Morgan fingerprint density at radius 2 is 0.737 bits per heavy atom. The van der Waals surface area contributed by atoms with Crippen molar-refractivity contribution in [3.05, 3.63) is 0 Å². The summed E-state index contributed by atoms with van der Waals surface area (Å²) in [7, 11) is -0.616. The third-order valence-corrected chi connectivity index (χ3v) is 3.90. The minimum Gasteiger partial charge on any atom is -0.296 e. The number of hydroxylamine groups is 6. The van der Waals surface area contributed by atoms with Gasteiger partial charge in [0.15, 0.2) is 0 Å². The van der Waals surface area contributed by atoms with E-state index in [4.69, 9.17) is 14.3 Å². The standard InChI is InChI=1S/C12H24BN3O3/c1-2-8-14(7-1)17-13(18-15-9-3-4-10-15)19-16-11-5-6-12-16/h1-12H2. The fourth-order valence-corrected chi connectivity index (χ4v) is 2.80. The molecule has 19 heavy (non-hydrogen) atoms. The molecule has 0 aromatic carbocycles. The molecule has 0 aromatic rings. The molecule has 3 aliphatic heterocycles. The topological polar surface area (TPSA) is 37.4 Å². The summed E-state index contributed by atoms with van der Waals surface area (Å²) in [5, 5.41) is 5.91. The van der Waals surface area contributed by atoms with E-state index in [1.807, 2.05) is 15.2 Å². The first-order valence-electron chi connectivity index (χ1n) is 7.65. The third-order valence-electron chi connectivity index (χ3n) is 3.90. The maximum Gasteiger partial charge on any atom is 0.692 e. The monoisotopic (exact) mass is 269 g/mol. The largest absolute Gasteiger partial charge is 0.692 e. The van der Waals surface area contributed by atoms with Crippen LogP contribution < -0.4 is 0 Å². The van der Waals surface area contributed by atoms with E-state index >= 15 is 0 Å². The Balaban J connectivity index is 1.49. The van der Waals surface area contributed by atoms with Crippen molar-refractivity contribution < 1.29 is 14.3 Å². The van der Waals surface area contributed by atoms with Gasteiger partial charge >= 0.3 is 7.32 Å². The molecule has 0 unspecified atom stereocenters. The predicted octanol–water partition coefficient (Wildman–Crippen LogP) is 1.05. The molecule has 0 amide bonds. The van der Waals surface area contributed by atoms with Crippen molar-refractivity contribution in [3.63, 3.8) is 0 Å². The summed E-state index contributed by atoms with van der Waals surface area (Å²) in [6, 6.07) is 0. The first-order valence-corrected chi connectivity index (χ1v) is 7.65. The second kappa shape index (κ2) is 7.01. The maximum atomic E-state index is 5.84. The highest BCUT2D eigenvalue weighted by Crippen LogP contribution is 2.16. The van der Waals surface area contributed by atoms with Gasteiger partial charge in [0.2, 0.25) is 0 Å². The molecule has 7 heteroatoms. The molecular formula is C12H24BN3O3. The molecule has 0 N–H and O–H groups in total. The van der Waals surface area contributed by atoms with Crippen LogP contribution in [-0.2, 0) is 14.3 Å². The number of rotatable bonds is 6. The van der Waals surface area contributed by atoms with E-state index in [1.54, 1.807) is 0 Å². The Morgan fingerprint density at radius 3 is 1.00 bits per heavy atom. The van der Waals surface area contributed by atoms with Crippen molar-refractivity contribution >= 4 is 7.32 Å². The average Bonchev–Trinajstić information content (AvgIpc) is 3.10. The van der Waals surface area contributed by atoms with Crippen LogP contribution in [0.3, 0.4) is 0 Å². The van der Waals surface area contributed by atoms with E-state index in [1.165, 1.54) is 38.5 Å². The minimum absolute atomic E-state index is 0.616. The summed E-state index contributed by atoms with van der Waals surface area (Å²) in [6.07, 6.45) is 7.17. The molecule has 3 fully saturated rings. The first kappa shape index (κ1) is 13.8. The van der Waals surface area contributed by atoms with Gasteiger partial charge in [-0.3, -0.25) is 14.3 Å². The highest BCUT2D eigenvalue weighted by atomic mass is 16.9. The molecule has 6 nitrogen and oxygen atoms in total. The average molecular weight is 269 g/mol. The molecule has 0 aliphatic carbocycles. The lowest BCUT2D eigenvalue weighted by Gasteiger charge is -2.26. The predicted molar refractivity (Wildman–Crippen MR) is 71.4 cm³/mol. The van der Waals surface area contributed by atoms with E-state index in [0.717, 1.165) is 39.3 Å². The summed E-state index contributed by atoms with van der Waals surface area (Å²) >= 11 is 0. The van der Waals surface area contributed by atoms with Crippen molar-refractivity contribution in [2.75, 3.05) is 39.3 Å². The van der Waals surface area contributed by atoms with Crippen LogP contribution in [0.2, 0.25) is 0 Å². The Hall–Kier alpha value is -0.175. The lowest BCUT2D eigenvalue weighted by atomic mass is 10.2. The van der Waals surface area contributed by atoms with Crippen LogP contribution in [-0.4, -0.2) is 61.8 Å². The van der Waals surface area contributed by atoms with Gasteiger partial charge in [-0.05, 0) is 38.5 Å². The normalized spacial score (nSPS) is 26.5. The molecule has 108 valence electrons. The second-order valence-corrected chi connectivity index (χ2v) is 5.51. The second-order valence-electron chi connectivity index (χ2n) is 5.51. The fraction of sp³-hybridized carbons (Fsp3) is 1.00. The van der Waals surface area contributed by atoms with Gasteiger partial charge in [0.05, 0.1) is 0 Å². The molecule has 0 aromatic heterocycles. The van der Waals surface area contributed by atoms with Gasteiger partial charge < -0.3 is 0 Å². The lowest BCUT2D eigenvalue weighted by molar-refractivity contribution is -0.194. The summed E-state index contributed by atoms with van der Waals surface area (Å²) < 4.78 is 17.5. The third kappa shape index (κ3) is 4.14. The van der Waals surface area contributed by atoms with E-state index in [2.05, 4.69) is 0 Å². The van der Waals surface area contributed by atoms with Crippen molar-refractivity contribution in [2.45, 2.75) is 38.5 Å². The summed E-state index contributed by atoms with van der Waals surface area (Å²) in [5.74, 6) is 0. The highest BCUT2D eigenvalue weighted by molar-refractivity contribution is 6.35. The van der Waals surface area contributed by atoms with E-state index in [0.29, 0.717) is 0 Å². The number of hydrogen-bond acceptors (Lipinski definition) is 6. The van der Waals surface area contributed by atoms with Crippen LogP contribution in [0.1, 0.15) is 38.5 Å². The van der Waals surface area contributed by atoms with Gasteiger partial charge in [0, 0.05) is 39.3 Å². The van der Waals surface area contributed by atoms with Crippen molar-refractivity contribution in [1.82, 2.24) is 15.2 Å². The van der Waals surface area contributed by atoms with Gasteiger partial charge in [-0.15, -0.1) is 0 Å². The van der Waals surface area contributed by atoms with Gasteiger partial charge in [0.25, 0.3) is 0 Å². The molecule has 0 spiro atoms. The van der Waals surface area contributed by atoms with Crippen LogP contribution in [0.4, 0.5) is 0 Å². The van der Waals surface area contributed by atoms with E-state index in [9.17, 15) is 0 Å². The Labute approximate surface area is 115 Å². The zero-order valence-electron chi connectivity index (χ0n) is 11.6. The smallest absolute Gasteiger partial charge is 0.296 e. The van der Waals surface area contributed by atoms with Gasteiger partial charge in [-0.1, -0.05) is 0 Å². The van der Waals surface area contributed by atoms with E-state index < -0.39 is 7.32 Å². The van der Waals surface area contributed by atoms with Crippen molar-refractivity contribution in [1.29, 1.82) is 0 Å². The molecule has 3 rings (SSSR count). The summed E-state index contributed by atoms with van der Waals surface area (Å²) in [6.45, 7) is 5.85. The molecule has 0 saturated carbocycles. The Bertz CT molecular complexity index is 224. The quantitative estimate of drug-likeness (QED) is 0.671. The molecule has 0 radical (unpaired) electrons. The van der Waals surface area contributed by atoms with Crippen LogP contribution >= 0.6 is 0 Å². The molecular weight excluding hydrogens is 245 g/mol. The molecule has 3 aliphatic rings. The maximum absolute atomic E-state index is 5.84. The molecule has 0 atom stereocenters. The lowest BCUT2D eigenvalue weighted by Crippen LogP contribution is -2.44. The zero-order valence-corrected chi connectivity index (χ0v) is 11.6. The van der Waals surface area contributed by atoms with Crippen molar-refractivity contribution in [2.24, 2.45) is 0 Å². The van der Waals surface area contributed by atoms with Crippen LogP contribution in [0.25, 0.3) is 0 Å². The van der Waals surface area contributed by atoms with Crippen molar-refractivity contribution in [3.8, 4) is 0 Å². The first-order chi connectivity index (χ1) is 9.40.